The number of allylic oxidation sites excluding steroid dienone is 2. The number of rotatable bonds is 2. The summed E-state index contributed by atoms with van der Waals surface area (Å²) in [6.45, 7) is -0.813. The van der Waals surface area contributed by atoms with Crippen LogP contribution in [-0.2, 0) is 0 Å². The van der Waals surface area contributed by atoms with E-state index in [-0.39, 0.29) is 0 Å². The van der Waals surface area contributed by atoms with E-state index in [2.05, 4.69) is 0 Å². The number of hydrogen-bond acceptors (Lipinski definition) is 0. The highest BCUT2D eigenvalue weighted by atomic mass is 19.4. The van der Waals surface area contributed by atoms with E-state index in [0.29, 0.717) is 0 Å². The standard InChI is InChI=1S/C9H3F15/c1-2(10)3(4(11,6(13,14)15)7(16,17)18)5(12,8(19,20)21)9(22,23)24/h1H3. The van der Waals surface area contributed by atoms with Crippen molar-refractivity contribution < 1.29 is 65.9 Å². The number of alkyl halides is 14. The van der Waals surface area contributed by atoms with Gasteiger partial charge in [0.25, 0.3) is 0 Å². The molecular weight excluding hydrogens is 393 g/mol. The lowest BCUT2D eigenvalue weighted by Crippen LogP contribution is -2.66. The summed E-state index contributed by atoms with van der Waals surface area (Å²) in [4.78, 5) is 0. The van der Waals surface area contributed by atoms with Crippen LogP contribution < -0.4 is 0 Å². The van der Waals surface area contributed by atoms with E-state index in [4.69, 9.17) is 0 Å². The predicted octanol–water partition coefficient (Wildman–Crippen LogP) is 5.90. The molecule has 144 valence electrons. The Morgan fingerprint density at radius 2 is 0.625 bits per heavy atom. The highest BCUT2D eigenvalue weighted by molar-refractivity contribution is 5.38. The van der Waals surface area contributed by atoms with Crippen molar-refractivity contribution in [3.8, 4) is 0 Å². The van der Waals surface area contributed by atoms with Crippen LogP contribution in [0.5, 0.6) is 0 Å². The van der Waals surface area contributed by atoms with Crippen molar-refractivity contribution in [1.29, 1.82) is 0 Å². The van der Waals surface area contributed by atoms with Gasteiger partial charge in [-0.2, -0.15) is 52.7 Å². The maximum atomic E-state index is 13.5. The third-order valence-electron chi connectivity index (χ3n) is 2.60. The van der Waals surface area contributed by atoms with Gasteiger partial charge in [0, 0.05) is 0 Å². The van der Waals surface area contributed by atoms with E-state index >= 15 is 0 Å². The number of hydrogen-bond donors (Lipinski definition) is 0. The molecule has 0 rings (SSSR count). The average molecular weight is 396 g/mol. The Morgan fingerprint density at radius 1 is 0.458 bits per heavy atom. The Bertz CT molecular complexity index is 423. The summed E-state index contributed by atoms with van der Waals surface area (Å²) in [6, 6.07) is 0. The molecule has 15 heteroatoms. The Balaban J connectivity index is 7.25. The van der Waals surface area contributed by atoms with Gasteiger partial charge in [-0.1, -0.05) is 0 Å². The molecule has 0 aromatic carbocycles. The smallest absolute Gasteiger partial charge is 0.218 e. The second-order valence-corrected chi connectivity index (χ2v) is 4.22. The number of halogens is 15. The molecule has 0 spiro atoms. The summed E-state index contributed by atoms with van der Waals surface area (Å²) < 4.78 is 188. The Labute approximate surface area is 121 Å². The van der Waals surface area contributed by atoms with Crippen molar-refractivity contribution in [2.45, 2.75) is 43.0 Å². The molecule has 0 amide bonds. The van der Waals surface area contributed by atoms with Crippen LogP contribution in [0.3, 0.4) is 0 Å². The first kappa shape index (κ1) is 22.7. The van der Waals surface area contributed by atoms with Crippen LogP contribution in [0.1, 0.15) is 6.92 Å². The van der Waals surface area contributed by atoms with E-state index in [9.17, 15) is 65.9 Å². The van der Waals surface area contributed by atoms with Gasteiger partial charge < -0.3 is 0 Å². The topological polar surface area (TPSA) is 0 Å². The zero-order valence-corrected chi connectivity index (χ0v) is 10.7. The second kappa shape index (κ2) is 5.61. The van der Waals surface area contributed by atoms with Gasteiger partial charge >= 0.3 is 36.0 Å². The zero-order valence-electron chi connectivity index (χ0n) is 10.7. The lowest BCUT2D eigenvalue weighted by molar-refractivity contribution is -0.364. The molecule has 0 heterocycles. The fraction of sp³-hybridized carbons (Fsp3) is 0.778. The summed E-state index contributed by atoms with van der Waals surface area (Å²) in [5.74, 6) is -3.63. The third kappa shape index (κ3) is 3.12. The second-order valence-electron chi connectivity index (χ2n) is 4.22. The van der Waals surface area contributed by atoms with Gasteiger partial charge in [-0.15, -0.1) is 0 Å². The van der Waals surface area contributed by atoms with Gasteiger partial charge in [-0.25, -0.2) is 13.2 Å². The van der Waals surface area contributed by atoms with Crippen molar-refractivity contribution in [3.05, 3.63) is 11.4 Å². The molecule has 0 radical (unpaired) electrons. The third-order valence-corrected chi connectivity index (χ3v) is 2.60. The molecule has 0 N–H and O–H groups in total. The van der Waals surface area contributed by atoms with Crippen molar-refractivity contribution >= 4 is 0 Å². The molecule has 0 aromatic rings. The van der Waals surface area contributed by atoms with Gasteiger partial charge in [-0.05, 0) is 6.92 Å². The minimum absolute atomic E-state index is 0.813. The molecule has 0 aliphatic rings. The lowest BCUT2D eigenvalue weighted by Gasteiger charge is -2.40. The van der Waals surface area contributed by atoms with Crippen LogP contribution in [0.15, 0.2) is 11.4 Å². The molecule has 24 heavy (non-hydrogen) atoms. The van der Waals surface area contributed by atoms with Crippen molar-refractivity contribution in [2.75, 3.05) is 0 Å². The van der Waals surface area contributed by atoms with E-state index in [1.165, 1.54) is 0 Å². The monoisotopic (exact) mass is 396 g/mol. The molecule has 0 aliphatic heterocycles. The molecule has 0 saturated carbocycles. The van der Waals surface area contributed by atoms with Crippen LogP contribution in [0.2, 0.25) is 0 Å². The van der Waals surface area contributed by atoms with Crippen LogP contribution in [0, 0.1) is 0 Å². The summed E-state index contributed by atoms with van der Waals surface area (Å²) in [7, 11) is 0. The van der Waals surface area contributed by atoms with Crippen LogP contribution in [0.25, 0.3) is 0 Å². The zero-order chi connectivity index (χ0) is 20.2. The summed E-state index contributed by atoms with van der Waals surface area (Å²) in [6.07, 6.45) is -30.4. The lowest BCUT2D eigenvalue weighted by atomic mass is 9.80. The molecule has 0 fully saturated rings. The van der Waals surface area contributed by atoms with Crippen LogP contribution >= 0.6 is 0 Å². The normalized spacial score (nSPS) is 15.5. The van der Waals surface area contributed by atoms with E-state index in [1.807, 2.05) is 0 Å². The summed E-state index contributed by atoms with van der Waals surface area (Å²) in [5, 5.41) is 0. The molecule has 0 unspecified atom stereocenters. The van der Waals surface area contributed by atoms with Crippen LogP contribution in [-0.4, -0.2) is 36.0 Å². The fourth-order valence-corrected chi connectivity index (χ4v) is 1.60. The maximum absolute atomic E-state index is 13.5. The Kier molecular flexibility index (Phi) is 5.30. The van der Waals surface area contributed by atoms with Gasteiger partial charge in [0.2, 0.25) is 0 Å². The van der Waals surface area contributed by atoms with Gasteiger partial charge in [0.1, 0.15) is 5.83 Å². The Hall–Kier alpha value is -1.31. The molecule has 0 bridgehead atoms. The fourth-order valence-electron chi connectivity index (χ4n) is 1.60. The van der Waals surface area contributed by atoms with E-state index in [0.717, 1.165) is 0 Å². The molecular formula is C9H3F15. The Morgan fingerprint density at radius 3 is 0.708 bits per heavy atom. The van der Waals surface area contributed by atoms with E-state index < -0.39 is 54.4 Å². The molecule has 0 aromatic heterocycles. The highest BCUT2D eigenvalue weighted by Gasteiger charge is 2.86. The van der Waals surface area contributed by atoms with Crippen molar-refractivity contribution in [1.82, 2.24) is 0 Å². The van der Waals surface area contributed by atoms with Crippen molar-refractivity contribution in [2.24, 2.45) is 0 Å². The highest BCUT2D eigenvalue weighted by Crippen LogP contribution is 2.61. The average Bonchev–Trinajstić information content (AvgIpc) is 2.21. The molecule has 0 atom stereocenters. The largest absolute Gasteiger partial charge is 0.435 e. The molecule has 0 saturated heterocycles. The van der Waals surface area contributed by atoms with Gasteiger partial charge in [0.15, 0.2) is 0 Å². The summed E-state index contributed by atoms with van der Waals surface area (Å²) in [5.41, 5.74) is -20.0. The molecule has 0 nitrogen and oxygen atoms in total. The van der Waals surface area contributed by atoms with E-state index in [1.54, 1.807) is 0 Å². The van der Waals surface area contributed by atoms with Crippen molar-refractivity contribution in [3.63, 3.8) is 0 Å². The quantitative estimate of drug-likeness (QED) is 0.511. The van der Waals surface area contributed by atoms with Crippen LogP contribution in [0.4, 0.5) is 65.9 Å². The first-order chi connectivity index (χ1) is 10.1. The van der Waals surface area contributed by atoms with Gasteiger partial charge in [-0.3, -0.25) is 0 Å². The maximum Gasteiger partial charge on any atom is 0.435 e. The summed E-state index contributed by atoms with van der Waals surface area (Å²) >= 11 is 0. The first-order valence-corrected chi connectivity index (χ1v) is 5.08. The minimum atomic E-state index is -7.60. The minimum Gasteiger partial charge on any atom is -0.218 e. The molecule has 0 aliphatic carbocycles. The predicted molar refractivity (Wildman–Crippen MR) is 45.7 cm³/mol. The van der Waals surface area contributed by atoms with Gasteiger partial charge in [0.05, 0.1) is 5.57 Å². The first-order valence-electron chi connectivity index (χ1n) is 5.08. The SMILES string of the molecule is CC(F)=C(C(F)(C(F)(F)F)C(F)(F)F)C(F)(C(F)(F)F)C(F)(F)F.